The van der Waals surface area contributed by atoms with Crippen molar-refractivity contribution in [2.75, 3.05) is 0 Å². The Balaban J connectivity index is 2.14. The summed E-state index contributed by atoms with van der Waals surface area (Å²) in [4.78, 5) is 30.9. The smallest absolute Gasteiger partial charge is 0.261 e. The number of aromatic amines is 1. The van der Waals surface area contributed by atoms with Crippen LogP contribution in [0.25, 0.3) is 11.0 Å². The van der Waals surface area contributed by atoms with E-state index >= 15 is 0 Å². The molecule has 1 atom stereocenters. The zero-order chi connectivity index (χ0) is 19.7. The van der Waals surface area contributed by atoms with Crippen LogP contribution in [-0.4, -0.2) is 32.4 Å². The van der Waals surface area contributed by atoms with Gasteiger partial charge in [0.2, 0.25) is 0 Å². The molecular weight excluding hydrogens is 353 g/mol. The highest BCUT2D eigenvalue weighted by molar-refractivity contribution is 5.98. The minimum absolute atomic E-state index is 0.0876. The number of fused-ring (bicyclic) bond motifs is 1. The van der Waals surface area contributed by atoms with Crippen molar-refractivity contribution in [3.8, 4) is 0 Å². The lowest BCUT2D eigenvalue weighted by Gasteiger charge is -2.18. The van der Waals surface area contributed by atoms with Gasteiger partial charge in [0.1, 0.15) is 11.4 Å². The predicted octanol–water partition coefficient (Wildman–Crippen LogP) is 1.17. The second-order valence-electron chi connectivity index (χ2n) is 6.35. The number of nitrogens with two attached hydrogens (primary N) is 1. The van der Waals surface area contributed by atoms with Gasteiger partial charge in [-0.05, 0) is 35.7 Å². The van der Waals surface area contributed by atoms with Crippen LogP contribution in [0.15, 0.2) is 41.3 Å². The molecule has 1 amide bonds. The van der Waals surface area contributed by atoms with Crippen LogP contribution in [0.2, 0.25) is 0 Å². The molecule has 5 N–H and O–H groups in total. The molecule has 7 nitrogen and oxygen atoms in total. The molecule has 0 saturated heterocycles. The average molecular weight is 371 g/mol. The fourth-order valence-electron chi connectivity index (χ4n) is 3.02. The molecule has 1 aromatic carbocycles. The topological polar surface area (TPSA) is 129 Å². The summed E-state index contributed by atoms with van der Waals surface area (Å²) in [5.41, 5.74) is 6.53. The van der Waals surface area contributed by atoms with E-state index < -0.39 is 23.7 Å². The highest BCUT2D eigenvalue weighted by Crippen LogP contribution is 2.27. The Morgan fingerprint density at radius 2 is 1.93 bits per heavy atom. The van der Waals surface area contributed by atoms with E-state index in [9.17, 15) is 24.2 Å². The number of halogens is 1. The third kappa shape index (κ3) is 3.71. The van der Waals surface area contributed by atoms with Crippen molar-refractivity contribution in [2.24, 2.45) is 5.73 Å². The first-order valence-electron chi connectivity index (χ1n) is 8.23. The molecule has 27 heavy (non-hydrogen) atoms. The lowest BCUT2D eigenvalue weighted by molar-refractivity contribution is -0.0559. The fraction of sp³-hybridized carbons (Fsp3) is 0.211. The fourth-order valence-corrected chi connectivity index (χ4v) is 3.02. The van der Waals surface area contributed by atoms with Crippen LogP contribution in [0.1, 0.15) is 39.9 Å². The largest absolute Gasteiger partial charge is 0.368 e. The minimum atomic E-state index is -1.80. The zero-order valence-corrected chi connectivity index (χ0v) is 14.4. The quantitative estimate of drug-likeness (QED) is 0.500. The van der Waals surface area contributed by atoms with Gasteiger partial charge in [0.15, 0.2) is 6.29 Å². The number of hydrogen-bond donors (Lipinski definition) is 4. The number of aliphatic hydroxyl groups is 2. The van der Waals surface area contributed by atoms with Crippen LogP contribution in [-0.2, 0) is 6.42 Å². The molecule has 140 valence electrons. The van der Waals surface area contributed by atoms with Crippen molar-refractivity contribution in [3.05, 3.63) is 75.0 Å². The molecule has 3 rings (SSSR count). The molecule has 0 aliphatic heterocycles. The Hall–Kier alpha value is -3.10. The molecule has 2 heterocycles. The van der Waals surface area contributed by atoms with E-state index in [2.05, 4.69) is 9.97 Å². The maximum Gasteiger partial charge on any atom is 0.261 e. The third-order valence-corrected chi connectivity index (χ3v) is 4.41. The van der Waals surface area contributed by atoms with Crippen molar-refractivity contribution in [1.29, 1.82) is 0 Å². The number of H-pyrrole nitrogens is 1. The molecule has 8 heteroatoms. The number of nitrogens with one attached hydrogen (secondary N) is 1. The summed E-state index contributed by atoms with van der Waals surface area (Å²) in [5.74, 6) is -2.26. The number of rotatable bonds is 5. The third-order valence-electron chi connectivity index (χ3n) is 4.41. The molecule has 3 aromatic rings. The molecule has 0 saturated carbocycles. The maximum absolute atomic E-state index is 13.0. The molecule has 0 fully saturated rings. The summed E-state index contributed by atoms with van der Waals surface area (Å²) in [5, 5.41) is 19.1. The molecule has 1 unspecified atom stereocenters. The molecule has 0 spiro atoms. The van der Waals surface area contributed by atoms with Gasteiger partial charge in [-0.25, -0.2) is 4.39 Å². The first kappa shape index (κ1) is 18.7. The molecule has 0 radical (unpaired) electrons. The minimum Gasteiger partial charge on any atom is -0.368 e. The van der Waals surface area contributed by atoms with Crippen LogP contribution in [0.3, 0.4) is 0 Å². The first-order valence-corrected chi connectivity index (χ1v) is 8.23. The number of aromatic nitrogens is 2. The molecular formula is C19H18FN3O4. The lowest BCUT2D eigenvalue weighted by Crippen LogP contribution is -2.29. The van der Waals surface area contributed by atoms with E-state index in [1.807, 2.05) is 0 Å². The average Bonchev–Trinajstić information content (AvgIpc) is 2.61. The van der Waals surface area contributed by atoms with Gasteiger partial charge < -0.3 is 20.9 Å². The van der Waals surface area contributed by atoms with Gasteiger partial charge in [-0.3, -0.25) is 14.6 Å². The van der Waals surface area contributed by atoms with Crippen molar-refractivity contribution in [3.63, 3.8) is 0 Å². The summed E-state index contributed by atoms with van der Waals surface area (Å²) < 4.78 is 13.0. The Bertz CT molecular complexity index is 1060. The van der Waals surface area contributed by atoms with E-state index in [0.29, 0.717) is 11.9 Å². The number of benzene rings is 1. The highest BCUT2D eigenvalue weighted by atomic mass is 19.1. The Kier molecular flexibility index (Phi) is 5.02. The highest BCUT2D eigenvalue weighted by Gasteiger charge is 2.26. The van der Waals surface area contributed by atoms with Gasteiger partial charge >= 0.3 is 0 Å². The van der Waals surface area contributed by atoms with Crippen LogP contribution >= 0.6 is 0 Å². The van der Waals surface area contributed by atoms with Gasteiger partial charge in [-0.15, -0.1) is 0 Å². The Morgan fingerprint density at radius 1 is 1.26 bits per heavy atom. The molecule has 0 aliphatic carbocycles. The number of amides is 1. The van der Waals surface area contributed by atoms with E-state index in [0.717, 1.165) is 11.1 Å². The number of aliphatic hydroxyl groups excluding tert-OH is 1. The van der Waals surface area contributed by atoms with Crippen LogP contribution in [0.5, 0.6) is 0 Å². The molecule has 0 bridgehead atoms. The van der Waals surface area contributed by atoms with E-state index in [-0.39, 0.29) is 22.5 Å². The standard InChI is InChI=1S/C19H18FN3O4/c1-9(19(26)27)14-15(17(21)24)18(25)23-13-7-11(8-22-16(13)14)6-10-2-4-12(20)5-3-10/h2-5,7-9,19,26-27H,6H2,1H3,(H2,21,24)(H,23,25). The van der Waals surface area contributed by atoms with Crippen molar-refractivity contribution in [1.82, 2.24) is 9.97 Å². The van der Waals surface area contributed by atoms with Crippen molar-refractivity contribution < 1.29 is 19.4 Å². The van der Waals surface area contributed by atoms with Gasteiger partial charge in [-0.1, -0.05) is 19.1 Å². The number of carbonyl (C=O) groups is 1. The summed E-state index contributed by atoms with van der Waals surface area (Å²) in [7, 11) is 0. The number of pyridine rings is 2. The van der Waals surface area contributed by atoms with Gasteiger partial charge in [0.05, 0.1) is 11.0 Å². The maximum atomic E-state index is 13.0. The van der Waals surface area contributed by atoms with E-state index in [1.54, 1.807) is 24.4 Å². The second kappa shape index (κ2) is 7.26. The lowest BCUT2D eigenvalue weighted by atomic mass is 9.93. The Morgan fingerprint density at radius 3 is 2.52 bits per heavy atom. The zero-order valence-electron chi connectivity index (χ0n) is 14.4. The first-order chi connectivity index (χ1) is 12.8. The number of carbonyl (C=O) groups excluding carboxylic acids is 1. The SMILES string of the molecule is CC(c1c(C(N)=O)c(=O)[nH]c2cc(Cc3ccc(F)cc3)cnc12)C(O)O. The van der Waals surface area contributed by atoms with Gasteiger partial charge in [0.25, 0.3) is 11.5 Å². The normalized spacial score (nSPS) is 12.5. The van der Waals surface area contributed by atoms with E-state index in [4.69, 9.17) is 5.73 Å². The monoisotopic (exact) mass is 371 g/mol. The summed E-state index contributed by atoms with van der Waals surface area (Å²) in [6.07, 6.45) is 0.208. The van der Waals surface area contributed by atoms with Crippen LogP contribution < -0.4 is 11.3 Å². The summed E-state index contributed by atoms with van der Waals surface area (Å²) in [6.45, 7) is 1.46. The predicted molar refractivity (Wildman–Crippen MR) is 96.7 cm³/mol. The number of hydrogen-bond acceptors (Lipinski definition) is 5. The Labute approximate surface area is 153 Å². The van der Waals surface area contributed by atoms with Crippen LogP contribution in [0.4, 0.5) is 4.39 Å². The van der Waals surface area contributed by atoms with Crippen LogP contribution in [0, 0.1) is 5.82 Å². The van der Waals surface area contributed by atoms with E-state index in [1.165, 1.54) is 19.1 Å². The van der Waals surface area contributed by atoms with Gasteiger partial charge in [-0.2, -0.15) is 0 Å². The summed E-state index contributed by atoms with van der Waals surface area (Å²) >= 11 is 0. The second-order valence-corrected chi connectivity index (χ2v) is 6.35. The number of primary amides is 1. The number of nitrogens with zero attached hydrogens (tertiary/aromatic N) is 1. The van der Waals surface area contributed by atoms with Gasteiger partial charge in [0, 0.05) is 17.7 Å². The molecule has 2 aromatic heterocycles. The van der Waals surface area contributed by atoms with Crippen molar-refractivity contribution >= 4 is 16.9 Å². The molecule has 0 aliphatic rings. The van der Waals surface area contributed by atoms with Crippen molar-refractivity contribution in [2.45, 2.75) is 25.6 Å². The summed E-state index contributed by atoms with van der Waals surface area (Å²) in [6, 6.07) is 7.68.